The van der Waals surface area contributed by atoms with Crippen LogP contribution in [0, 0.1) is 0 Å². The van der Waals surface area contributed by atoms with Crippen LogP contribution in [-0.2, 0) is 4.79 Å². The topological polar surface area (TPSA) is 75.1 Å². The first kappa shape index (κ1) is 8.86. The van der Waals surface area contributed by atoms with Crippen LogP contribution in [0.15, 0.2) is 11.0 Å². The molecule has 1 heterocycles. The average molecular weight is 191 g/mol. The van der Waals surface area contributed by atoms with Crippen LogP contribution >= 0.6 is 11.6 Å². The molecule has 1 rings (SSSR count). The van der Waals surface area contributed by atoms with Crippen LogP contribution in [-0.4, -0.2) is 20.6 Å². The Bertz CT molecular complexity index is 354. The molecule has 0 saturated heterocycles. The fraction of sp³-hybridized carbons (Fsp3) is 0.333. The van der Waals surface area contributed by atoms with Crippen molar-refractivity contribution in [3.05, 3.63) is 21.8 Å². The van der Waals surface area contributed by atoms with E-state index in [2.05, 4.69) is 4.98 Å². The Morgan fingerprint density at radius 2 is 2.42 bits per heavy atom. The van der Waals surface area contributed by atoms with E-state index < -0.39 is 17.7 Å². The molecule has 66 valence electrons. The molecule has 0 bridgehead atoms. The predicted octanol–water partition coefficient (Wildman–Crippen LogP) is 0.475. The lowest BCUT2D eigenvalue weighted by Crippen LogP contribution is -2.25. The SMILES string of the molecule is CC(C(=O)O)n1c(Cl)c[nH]c1=O. The van der Waals surface area contributed by atoms with Crippen LogP contribution in [0.1, 0.15) is 13.0 Å². The fourth-order valence-corrected chi connectivity index (χ4v) is 1.11. The van der Waals surface area contributed by atoms with Crippen molar-refractivity contribution in [3.63, 3.8) is 0 Å². The third-order valence-electron chi connectivity index (χ3n) is 1.51. The number of hydrogen-bond acceptors (Lipinski definition) is 2. The molecule has 0 aromatic carbocycles. The van der Waals surface area contributed by atoms with E-state index in [0.717, 1.165) is 4.57 Å². The Morgan fingerprint density at radius 1 is 1.83 bits per heavy atom. The highest BCUT2D eigenvalue weighted by Gasteiger charge is 2.17. The summed E-state index contributed by atoms with van der Waals surface area (Å²) < 4.78 is 0.962. The number of imidazole rings is 1. The van der Waals surface area contributed by atoms with Crippen molar-refractivity contribution in [2.75, 3.05) is 0 Å². The van der Waals surface area contributed by atoms with Crippen molar-refractivity contribution in [2.45, 2.75) is 13.0 Å². The quantitative estimate of drug-likeness (QED) is 0.712. The molecule has 1 unspecified atom stereocenters. The Morgan fingerprint density at radius 3 is 2.75 bits per heavy atom. The van der Waals surface area contributed by atoms with Gasteiger partial charge in [0.1, 0.15) is 11.2 Å². The van der Waals surface area contributed by atoms with Gasteiger partial charge in [-0.2, -0.15) is 0 Å². The van der Waals surface area contributed by atoms with Crippen molar-refractivity contribution in [1.29, 1.82) is 0 Å². The molecular formula is C6H7ClN2O3. The minimum Gasteiger partial charge on any atom is -0.480 e. The molecule has 0 amide bonds. The molecule has 6 heteroatoms. The second kappa shape index (κ2) is 3.02. The van der Waals surface area contributed by atoms with Gasteiger partial charge in [0.2, 0.25) is 0 Å². The number of halogens is 1. The third kappa shape index (κ3) is 1.35. The maximum absolute atomic E-state index is 10.9. The highest BCUT2D eigenvalue weighted by atomic mass is 35.5. The maximum atomic E-state index is 10.9. The van der Waals surface area contributed by atoms with Crippen molar-refractivity contribution in [3.8, 4) is 0 Å². The first-order valence-corrected chi connectivity index (χ1v) is 3.60. The Balaban J connectivity index is 3.18. The summed E-state index contributed by atoms with van der Waals surface area (Å²) in [5, 5.41) is 8.66. The zero-order valence-electron chi connectivity index (χ0n) is 6.24. The lowest BCUT2D eigenvalue weighted by molar-refractivity contribution is -0.140. The molecule has 12 heavy (non-hydrogen) atoms. The molecule has 0 aliphatic rings. The minimum atomic E-state index is -1.10. The van der Waals surface area contributed by atoms with Crippen LogP contribution in [0.2, 0.25) is 5.15 Å². The third-order valence-corrected chi connectivity index (χ3v) is 1.80. The Kier molecular flexibility index (Phi) is 2.23. The van der Waals surface area contributed by atoms with Gasteiger partial charge in [-0.25, -0.2) is 9.59 Å². The number of carboxylic acids is 1. The van der Waals surface area contributed by atoms with E-state index in [1.165, 1.54) is 13.1 Å². The lowest BCUT2D eigenvalue weighted by atomic mass is 10.3. The monoisotopic (exact) mass is 190 g/mol. The minimum absolute atomic E-state index is 0.0925. The van der Waals surface area contributed by atoms with E-state index in [1.807, 2.05) is 0 Å². The Labute approximate surface area is 72.6 Å². The number of nitrogens with one attached hydrogen (secondary N) is 1. The van der Waals surface area contributed by atoms with E-state index in [1.54, 1.807) is 0 Å². The zero-order chi connectivity index (χ0) is 9.30. The zero-order valence-corrected chi connectivity index (χ0v) is 7.00. The molecule has 1 aromatic rings. The summed E-state index contributed by atoms with van der Waals surface area (Å²) >= 11 is 5.55. The summed E-state index contributed by atoms with van der Waals surface area (Å²) in [5.74, 6) is -1.10. The number of aliphatic carboxylic acids is 1. The summed E-state index contributed by atoms with van der Waals surface area (Å²) in [5.41, 5.74) is -0.519. The molecule has 0 fully saturated rings. The molecule has 0 spiro atoms. The Hall–Kier alpha value is -1.23. The van der Waals surface area contributed by atoms with Crippen molar-refractivity contribution in [1.82, 2.24) is 9.55 Å². The van der Waals surface area contributed by atoms with Gasteiger partial charge in [0, 0.05) is 6.20 Å². The standard InChI is InChI=1S/C6H7ClN2O3/c1-3(5(10)11)9-4(7)2-8-6(9)12/h2-3H,1H3,(H,8,12)(H,10,11). The summed E-state index contributed by atoms with van der Waals surface area (Å²) in [6.07, 6.45) is 1.25. The molecule has 0 saturated carbocycles. The molecule has 0 aliphatic heterocycles. The first-order chi connectivity index (χ1) is 5.54. The van der Waals surface area contributed by atoms with E-state index in [9.17, 15) is 9.59 Å². The summed E-state index contributed by atoms with van der Waals surface area (Å²) in [6, 6.07) is -0.948. The van der Waals surface area contributed by atoms with Crippen LogP contribution in [0.5, 0.6) is 0 Å². The second-order valence-electron chi connectivity index (χ2n) is 2.30. The van der Waals surface area contributed by atoms with Gasteiger partial charge in [-0.05, 0) is 6.92 Å². The molecule has 5 nitrogen and oxygen atoms in total. The van der Waals surface area contributed by atoms with Gasteiger partial charge in [0.05, 0.1) is 0 Å². The summed E-state index contributed by atoms with van der Waals surface area (Å²) in [7, 11) is 0. The highest BCUT2D eigenvalue weighted by Crippen LogP contribution is 2.10. The number of nitrogens with zero attached hydrogens (tertiary/aromatic N) is 1. The van der Waals surface area contributed by atoms with E-state index in [4.69, 9.17) is 16.7 Å². The largest absolute Gasteiger partial charge is 0.480 e. The molecule has 2 N–H and O–H groups in total. The number of carboxylic acid groups (broad SMARTS) is 1. The van der Waals surface area contributed by atoms with Gasteiger partial charge in [0.15, 0.2) is 0 Å². The molecule has 0 radical (unpaired) electrons. The van der Waals surface area contributed by atoms with E-state index >= 15 is 0 Å². The normalized spacial score (nSPS) is 12.8. The average Bonchev–Trinajstić information content (AvgIpc) is 2.30. The van der Waals surface area contributed by atoms with E-state index in [0.29, 0.717) is 0 Å². The van der Waals surface area contributed by atoms with Gasteiger partial charge < -0.3 is 10.1 Å². The number of rotatable bonds is 2. The second-order valence-corrected chi connectivity index (χ2v) is 2.69. The highest BCUT2D eigenvalue weighted by molar-refractivity contribution is 6.29. The van der Waals surface area contributed by atoms with Gasteiger partial charge in [-0.3, -0.25) is 4.57 Å². The van der Waals surface area contributed by atoms with Crippen molar-refractivity contribution in [2.24, 2.45) is 0 Å². The first-order valence-electron chi connectivity index (χ1n) is 3.22. The summed E-state index contributed by atoms with van der Waals surface area (Å²) in [6.45, 7) is 1.38. The van der Waals surface area contributed by atoms with Crippen LogP contribution < -0.4 is 5.69 Å². The smallest absolute Gasteiger partial charge is 0.327 e. The van der Waals surface area contributed by atoms with Crippen molar-refractivity contribution < 1.29 is 9.90 Å². The predicted molar refractivity (Wildman–Crippen MR) is 42.4 cm³/mol. The number of aromatic amines is 1. The number of carbonyl (C=O) groups is 1. The van der Waals surface area contributed by atoms with Gasteiger partial charge in [-0.15, -0.1) is 0 Å². The fourth-order valence-electron chi connectivity index (χ4n) is 0.829. The maximum Gasteiger partial charge on any atom is 0.327 e. The lowest BCUT2D eigenvalue weighted by Gasteiger charge is -2.06. The van der Waals surface area contributed by atoms with E-state index in [-0.39, 0.29) is 5.15 Å². The number of hydrogen-bond donors (Lipinski definition) is 2. The van der Waals surface area contributed by atoms with Crippen molar-refractivity contribution >= 4 is 17.6 Å². The van der Waals surface area contributed by atoms with Gasteiger partial charge >= 0.3 is 11.7 Å². The van der Waals surface area contributed by atoms with Crippen LogP contribution in [0.3, 0.4) is 0 Å². The number of aromatic nitrogens is 2. The molecular weight excluding hydrogens is 184 g/mol. The molecule has 1 atom stereocenters. The number of H-pyrrole nitrogens is 1. The van der Waals surface area contributed by atoms with Gasteiger partial charge in [-0.1, -0.05) is 11.6 Å². The van der Waals surface area contributed by atoms with Gasteiger partial charge in [0.25, 0.3) is 0 Å². The molecule has 1 aromatic heterocycles. The molecule has 0 aliphatic carbocycles. The summed E-state index contributed by atoms with van der Waals surface area (Å²) in [4.78, 5) is 23.7. The van der Waals surface area contributed by atoms with Crippen LogP contribution in [0.25, 0.3) is 0 Å². The van der Waals surface area contributed by atoms with Crippen LogP contribution in [0.4, 0.5) is 0 Å².